The number of carbonyl (C=O) groups is 1. The Morgan fingerprint density at radius 1 is 1.00 bits per heavy atom. The molecule has 0 aliphatic rings. The number of anilines is 3. The molecule has 1 amide bonds. The molecule has 0 spiro atoms. The maximum atomic E-state index is 12.5. The van der Waals surface area contributed by atoms with Crippen LogP contribution >= 0.6 is 0 Å². The summed E-state index contributed by atoms with van der Waals surface area (Å²) in [6, 6.07) is 16.7. The van der Waals surface area contributed by atoms with Crippen LogP contribution in [0.25, 0.3) is 0 Å². The molecule has 0 aliphatic carbocycles. The van der Waals surface area contributed by atoms with Crippen LogP contribution in [-0.2, 0) is 6.42 Å². The van der Waals surface area contributed by atoms with E-state index in [1.165, 1.54) is 0 Å². The van der Waals surface area contributed by atoms with Crippen LogP contribution in [0.5, 0.6) is 11.5 Å². The number of hydrogen-bond acceptors (Lipinski definition) is 5. The van der Waals surface area contributed by atoms with Gasteiger partial charge in [0.15, 0.2) is 0 Å². The molecule has 1 heterocycles. The summed E-state index contributed by atoms with van der Waals surface area (Å²) in [6.07, 6.45) is 2.39. The quantitative estimate of drug-likeness (QED) is 0.627. The number of nitrogens with zero attached hydrogens (tertiary/aromatic N) is 1. The largest absolute Gasteiger partial charge is 0.497 e. The molecule has 6 nitrogen and oxygen atoms in total. The molecule has 0 saturated heterocycles. The Kier molecular flexibility index (Phi) is 6.11. The number of benzene rings is 2. The van der Waals surface area contributed by atoms with Gasteiger partial charge in [0.1, 0.15) is 17.3 Å². The molecule has 0 unspecified atom stereocenters. The zero-order valence-corrected chi connectivity index (χ0v) is 16.2. The van der Waals surface area contributed by atoms with E-state index in [1.807, 2.05) is 36.4 Å². The monoisotopic (exact) mass is 377 g/mol. The summed E-state index contributed by atoms with van der Waals surface area (Å²) in [5.74, 6) is 1.75. The fourth-order valence-corrected chi connectivity index (χ4v) is 2.79. The minimum absolute atomic E-state index is 0.193. The second kappa shape index (κ2) is 8.90. The third kappa shape index (κ3) is 4.40. The van der Waals surface area contributed by atoms with Gasteiger partial charge in [0, 0.05) is 18.0 Å². The summed E-state index contributed by atoms with van der Waals surface area (Å²) < 4.78 is 10.6. The summed E-state index contributed by atoms with van der Waals surface area (Å²) in [7, 11) is 3.20. The molecule has 0 aliphatic heterocycles. The first-order valence-electron chi connectivity index (χ1n) is 8.99. The maximum Gasteiger partial charge on any atom is 0.257 e. The maximum absolute atomic E-state index is 12.5. The first-order valence-corrected chi connectivity index (χ1v) is 8.99. The number of amides is 1. The van der Waals surface area contributed by atoms with Crippen molar-refractivity contribution in [3.05, 3.63) is 71.9 Å². The molecular formula is C22H23N3O3. The summed E-state index contributed by atoms with van der Waals surface area (Å²) in [5.41, 5.74) is 3.15. The van der Waals surface area contributed by atoms with Crippen LogP contribution in [0.3, 0.4) is 0 Å². The number of pyridine rings is 1. The molecular weight excluding hydrogens is 354 g/mol. The van der Waals surface area contributed by atoms with Crippen LogP contribution in [0.1, 0.15) is 22.8 Å². The number of nitrogens with one attached hydrogen (secondary N) is 2. The van der Waals surface area contributed by atoms with Crippen molar-refractivity contribution in [1.82, 2.24) is 4.98 Å². The molecule has 144 valence electrons. The van der Waals surface area contributed by atoms with Gasteiger partial charge in [-0.2, -0.15) is 0 Å². The highest BCUT2D eigenvalue weighted by Crippen LogP contribution is 2.31. The van der Waals surface area contributed by atoms with Gasteiger partial charge >= 0.3 is 0 Å². The van der Waals surface area contributed by atoms with Gasteiger partial charge in [0.25, 0.3) is 5.91 Å². The van der Waals surface area contributed by atoms with Gasteiger partial charge in [-0.3, -0.25) is 4.79 Å². The summed E-state index contributed by atoms with van der Waals surface area (Å²) in [4.78, 5) is 16.9. The molecule has 0 radical (unpaired) electrons. The zero-order chi connectivity index (χ0) is 19.9. The van der Waals surface area contributed by atoms with Crippen LogP contribution in [-0.4, -0.2) is 25.1 Å². The summed E-state index contributed by atoms with van der Waals surface area (Å²) >= 11 is 0. The fraction of sp³-hybridized carbons (Fsp3) is 0.182. The second-order valence-corrected chi connectivity index (χ2v) is 6.09. The Morgan fingerprint density at radius 2 is 1.82 bits per heavy atom. The van der Waals surface area contributed by atoms with E-state index in [0.717, 1.165) is 23.4 Å². The molecule has 1 aromatic heterocycles. The molecule has 6 heteroatoms. The van der Waals surface area contributed by atoms with Crippen molar-refractivity contribution in [2.24, 2.45) is 0 Å². The number of para-hydroxylation sites is 1. The highest BCUT2D eigenvalue weighted by molar-refractivity contribution is 6.04. The fourth-order valence-electron chi connectivity index (χ4n) is 2.79. The lowest BCUT2D eigenvalue weighted by atomic mass is 10.1. The highest BCUT2D eigenvalue weighted by atomic mass is 16.5. The lowest BCUT2D eigenvalue weighted by molar-refractivity contribution is 0.102. The first kappa shape index (κ1) is 19.2. The van der Waals surface area contributed by atoms with E-state index < -0.39 is 0 Å². The predicted octanol–water partition coefficient (Wildman–Crippen LogP) is 4.66. The number of carbonyl (C=O) groups excluding carboxylic acids is 1. The Labute approximate surface area is 164 Å². The Balaban J connectivity index is 1.72. The van der Waals surface area contributed by atoms with Crippen LogP contribution in [0, 0.1) is 0 Å². The smallest absolute Gasteiger partial charge is 0.257 e. The van der Waals surface area contributed by atoms with Gasteiger partial charge in [-0.15, -0.1) is 0 Å². The van der Waals surface area contributed by atoms with Gasteiger partial charge in [-0.25, -0.2) is 4.98 Å². The number of hydrogen-bond donors (Lipinski definition) is 2. The normalized spacial score (nSPS) is 10.2. The van der Waals surface area contributed by atoms with Crippen molar-refractivity contribution in [3.8, 4) is 11.5 Å². The number of rotatable bonds is 7. The van der Waals surface area contributed by atoms with E-state index in [4.69, 9.17) is 9.47 Å². The molecule has 0 fully saturated rings. The average Bonchev–Trinajstić information content (AvgIpc) is 2.74. The topological polar surface area (TPSA) is 72.5 Å². The molecule has 0 saturated carbocycles. The minimum atomic E-state index is -0.193. The second-order valence-electron chi connectivity index (χ2n) is 6.09. The van der Waals surface area contributed by atoms with Gasteiger partial charge in [-0.05, 0) is 42.3 Å². The molecule has 3 rings (SSSR count). The van der Waals surface area contributed by atoms with Gasteiger partial charge in [0.05, 0.1) is 25.5 Å². The molecule has 2 aromatic carbocycles. The third-order valence-corrected chi connectivity index (χ3v) is 4.34. The van der Waals surface area contributed by atoms with E-state index in [-0.39, 0.29) is 5.91 Å². The van der Waals surface area contributed by atoms with Gasteiger partial charge in [0.2, 0.25) is 0 Å². The SMILES string of the molecule is CCc1ccccc1NC(=O)c1ccc(Nc2ccc(OC)cc2OC)nc1. The number of methoxy groups -OCH3 is 2. The van der Waals surface area contributed by atoms with Crippen molar-refractivity contribution in [2.45, 2.75) is 13.3 Å². The lowest BCUT2D eigenvalue weighted by Crippen LogP contribution is -2.13. The van der Waals surface area contributed by atoms with E-state index in [9.17, 15) is 4.79 Å². The van der Waals surface area contributed by atoms with Crippen molar-refractivity contribution in [3.63, 3.8) is 0 Å². The van der Waals surface area contributed by atoms with E-state index >= 15 is 0 Å². The predicted molar refractivity (Wildman–Crippen MR) is 111 cm³/mol. The van der Waals surface area contributed by atoms with Crippen molar-refractivity contribution in [2.75, 3.05) is 24.9 Å². The Hall–Kier alpha value is -3.54. The van der Waals surface area contributed by atoms with Crippen LogP contribution in [0.4, 0.5) is 17.2 Å². The molecule has 28 heavy (non-hydrogen) atoms. The summed E-state index contributed by atoms with van der Waals surface area (Å²) in [5, 5.41) is 6.13. The third-order valence-electron chi connectivity index (χ3n) is 4.34. The zero-order valence-electron chi connectivity index (χ0n) is 16.2. The summed E-state index contributed by atoms with van der Waals surface area (Å²) in [6.45, 7) is 2.06. The van der Waals surface area contributed by atoms with E-state index in [0.29, 0.717) is 22.9 Å². The van der Waals surface area contributed by atoms with Gasteiger partial charge in [-0.1, -0.05) is 25.1 Å². The first-order chi connectivity index (χ1) is 13.6. The number of aryl methyl sites for hydroxylation is 1. The van der Waals surface area contributed by atoms with E-state index in [1.54, 1.807) is 38.6 Å². The molecule has 2 N–H and O–H groups in total. The molecule has 0 bridgehead atoms. The average molecular weight is 377 g/mol. The van der Waals surface area contributed by atoms with Crippen LogP contribution in [0.2, 0.25) is 0 Å². The number of aromatic nitrogens is 1. The highest BCUT2D eigenvalue weighted by Gasteiger charge is 2.10. The Morgan fingerprint density at radius 3 is 2.50 bits per heavy atom. The minimum Gasteiger partial charge on any atom is -0.497 e. The van der Waals surface area contributed by atoms with Crippen molar-refractivity contribution < 1.29 is 14.3 Å². The number of ether oxygens (including phenoxy) is 2. The standard InChI is InChI=1S/C22H23N3O3/c1-4-15-7-5-6-8-18(15)25-22(26)16-9-12-21(23-14-16)24-19-11-10-17(27-2)13-20(19)28-3/h5-14H,4H2,1-3H3,(H,23,24)(H,25,26). The van der Waals surface area contributed by atoms with Gasteiger partial charge < -0.3 is 20.1 Å². The lowest BCUT2D eigenvalue weighted by Gasteiger charge is -2.12. The van der Waals surface area contributed by atoms with Crippen molar-refractivity contribution in [1.29, 1.82) is 0 Å². The Bertz CT molecular complexity index is 955. The molecule has 0 atom stereocenters. The van der Waals surface area contributed by atoms with Crippen molar-refractivity contribution >= 4 is 23.1 Å². The molecule has 3 aromatic rings. The van der Waals surface area contributed by atoms with Crippen LogP contribution < -0.4 is 20.1 Å². The van der Waals surface area contributed by atoms with E-state index in [2.05, 4.69) is 22.5 Å². The van der Waals surface area contributed by atoms with Crippen LogP contribution in [0.15, 0.2) is 60.8 Å².